The minimum absolute atomic E-state index is 0.572. The standard InChI is InChI=1S/C9H15B/c10-9-7-3-1-4-8(9)6-2-5-7/h7-9H,1-6H2. The molecule has 0 aromatic carbocycles. The molecular formula is C9H15B. The highest BCUT2D eigenvalue weighted by Crippen LogP contribution is 2.46. The van der Waals surface area contributed by atoms with Crippen LogP contribution in [0.25, 0.3) is 0 Å². The van der Waals surface area contributed by atoms with Gasteiger partial charge in [0.15, 0.2) is 0 Å². The summed E-state index contributed by atoms with van der Waals surface area (Å²) >= 11 is 0. The van der Waals surface area contributed by atoms with Gasteiger partial charge in [-0.2, -0.15) is 0 Å². The second-order valence-electron chi connectivity index (χ2n) is 3.96. The van der Waals surface area contributed by atoms with Crippen LogP contribution in [0.15, 0.2) is 0 Å². The van der Waals surface area contributed by atoms with Gasteiger partial charge < -0.3 is 0 Å². The Bertz CT molecular complexity index is 99.9. The van der Waals surface area contributed by atoms with Crippen LogP contribution in [0.4, 0.5) is 0 Å². The molecule has 0 nitrogen and oxygen atoms in total. The summed E-state index contributed by atoms with van der Waals surface area (Å²) in [5.41, 5.74) is 0. The van der Waals surface area contributed by atoms with E-state index in [-0.39, 0.29) is 0 Å². The van der Waals surface area contributed by atoms with Gasteiger partial charge in [0.2, 0.25) is 0 Å². The molecule has 2 aliphatic carbocycles. The molecule has 0 aromatic rings. The Labute approximate surface area is 64.8 Å². The summed E-state index contributed by atoms with van der Waals surface area (Å²) in [5.74, 6) is 2.36. The van der Waals surface area contributed by atoms with Crippen LogP contribution in [0.1, 0.15) is 38.5 Å². The Morgan fingerprint density at radius 2 is 1.20 bits per heavy atom. The molecule has 2 bridgehead atoms. The van der Waals surface area contributed by atoms with Crippen molar-refractivity contribution in [1.29, 1.82) is 0 Å². The molecule has 1 heteroatoms. The Hall–Kier alpha value is 0.0649. The second-order valence-corrected chi connectivity index (χ2v) is 3.96. The normalized spacial score (nSPS) is 47.0. The molecule has 0 aliphatic heterocycles. The maximum atomic E-state index is 6.08. The maximum Gasteiger partial charge on any atom is 0.0707 e. The summed E-state index contributed by atoms with van der Waals surface area (Å²) in [6.45, 7) is 0. The average Bonchev–Trinajstić information content (AvgIpc) is 1.86. The molecule has 2 radical (unpaired) electrons. The van der Waals surface area contributed by atoms with Crippen LogP contribution in [0.3, 0.4) is 0 Å². The van der Waals surface area contributed by atoms with Gasteiger partial charge in [-0.3, -0.25) is 0 Å². The highest BCUT2D eigenvalue weighted by atomic mass is 14.3. The van der Waals surface area contributed by atoms with Crippen LogP contribution in [0.2, 0.25) is 5.82 Å². The molecule has 2 rings (SSSR count). The van der Waals surface area contributed by atoms with Crippen molar-refractivity contribution in [2.75, 3.05) is 0 Å². The van der Waals surface area contributed by atoms with Gasteiger partial charge in [0.05, 0.1) is 7.85 Å². The van der Waals surface area contributed by atoms with Crippen LogP contribution in [0, 0.1) is 11.8 Å². The molecule has 2 aliphatic rings. The Balaban J connectivity index is 2.05. The highest BCUT2D eigenvalue weighted by Gasteiger charge is 2.32. The van der Waals surface area contributed by atoms with Crippen molar-refractivity contribution in [3.8, 4) is 0 Å². The number of hydrogen-bond acceptors (Lipinski definition) is 0. The van der Waals surface area contributed by atoms with Gasteiger partial charge >= 0.3 is 0 Å². The largest absolute Gasteiger partial charge is 0.0718 e. The number of fused-ring (bicyclic) bond motifs is 2. The van der Waals surface area contributed by atoms with Crippen LogP contribution in [0.5, 0.6) is 0 Å². The van der Waals surface area contributed by atoms with Crippen molar-refractivity contribution >= 4 is 7.85 Å². The molecule has 2 saturated carbocycles. The summed E-state index contributed by atoms with van der Waals surface area (Å²) in [7, 11) is 6.08. The van der Waals surface area contributed by atoms with Gasteiger partial charge in [-0.1, -0.05) is 44.3 Å². The fraction of sp³-hybridized carbons (Fsp3) is 1.00. The summed E-state index contributed by atoms with van der Waals surface area (Å²) in [4.78, 5) is 0. The highest BCUT2D eigenvalue weighted by molar-refractivity contribution is 6.12. The number of rotatable bonds is 0. The molecule has 0 aromatic heterocycles. The zero-order valence-corrected chi connectivity index (χ0v) is 6.55. The van der Waals surface area contributed by atoms with Crippen molar-refractivity contribution in [2.45, 2.75) is 44.3 Å². The summed E-state index contributed by atoms with van der Waals surface area (Å²) in [6.07, 6.45) is 8.55. The van der Waals surface area contributed by atoms with E-state index in [9.17, 15) is 0 Å². The van der Waals surface area contributed by atoms with Crippen molar-refractivity contribution in [3.63, 3.8) is 0 Å². The van der Waals surface area contributed by atoms with Gasteiger partial charge in [0.1, 0.15) is 0 Å². The summed E-state index contributed by atoms with van der Waals surface area (Å²) in [6, 6.07) is 0. The van der Waals surface area contributed by atoms with Crippen LogP contribution < -0.4 is 0 Å². The van der Waals surface area contributed by atoms with Crippen LogP contribution in [-0.4, -0.2) is 7.85 Å². The summed E-state index contributed by atoms with van der Waals surface area (Å²) in [5, 5.41) is 0. The third-order valence-electron chi connectivity index (χ3n) is 3.39. The predicted octanol–water partition coefficient (Wildman–Crippen LogP) is 2.54. The first-order chi connectivity index (χ1) is 4.88. The van der Waals surface area contributed by atoms with E-state index < -0.39 is 0 Å². The quantitative estimate of drug-likeness (QED) is 0.446. The second kappa shape index (κ2) is 2.60. The molecule has 0 amide bonds. The van der Waals surface area contributed by atoms with Gasteiger partial charge in [0, 0.05) is 0 Å². The van der Waals surface area contributed by atoms with Crippen molar-refractivity contribution in [3.05, 3.63) is 0 Å². The first kappa shape index (κ1) is 6.76. The SMILES string of the molecule is [B]C1C2CCCC1CCC2. The van der Waals surface area contributed by atoms with Crippen molar-refractivity contribution < 1.29 is 0 Å². The summed E-state index contributed by atoms with van der Waals surface area (Å²) < 4.78 is 0. The lowest BCUT2D eigenvalue weighted by atomic mass is 9.57. The zero-order chi connectivity index (χ0) is 6.97. The van der Waals surface area contributed by atoms with Crippen molar-refractivity contribution in [2.24, 2.45) is 11.8 Å². The fourth-order valence-corrected chi connectivity index (χ4v) is 2.73. The molecule has 0 heterocycles. The van der Waals surface area contributed by atoms with E-state index >= 15 is 0 Å². The Morgan fingerprint density at radius 3 is 1.50 bits per heavy atom. The Kier molecular flexibility index (Phi) is 1.75. The van der Waals surface area contributed by atoms with E-state index in [1.165, 1.54) is 38.5 Å². The average molecular weight is 134 g/mol. The minimum Gasteiger partial charge on any atom is -0.0718 e. The van der Waals surface area contributed by atoms with Crippen LogP contribution >= 0.6 is 0 Å². The van der Waals surface area contributed by atoms with E-state index in [0.717, 1.165) is 11.8 Å². The topological polar surface area (TPSA) is 0 Å². The smallest absolute Gasteiger partial charge is 0.0707 e. The van der Waals surface area contributed by atoms with Crippen molar-refractivity contribution in [1.82, 2.24) is 0 Å². The molecule has 0 N–H and O–H groups in total. The first-order valence-corrected chi connectivity index (χ1v) is 4.63. The van der Waals surface area contributed by atoms with Gasteiger partial charge in [0.25, 0.3) is 0 Å². The Morgan fingerprint density at radius 1 is 0.800 bits per heavy atom. The lowest BCUT2D eigenvalue weighted by Gasteiger charge is -2.41. The molecule has 0 saturated heterocycles. The molecule has 10 heavy (non-hydrogen) atoms. The van der Waals surface area contributed by atoms with Gasteiger partial charge in [-0.15, -0.1) is 0 Å². The predicted molar refractivity (Wildman–Crippen MR) is 44.2 cm³/mol. The number of hydrogen-bond donors (Lipinski definition) is 0. The maximum absolute atomic E-state index is 6.08. The van der Waals surface area contributed by atoms with E-state index in [1.807, 2.05) is 0 Å². The molecule has 54 valence electrons. The molecule has 0 spiro atoms. The van der Waals surface area contributed by atoms with E-state index in [4.69, 9.17) is 7.85 Å². The zero-order valence-electron chi connectivity index (χ0n) is 6.55. The molecule has 0 unspecified atom stereocenters. The minimum atomic E-state index is 0.572. The van der Waals surface area contributed by atoms with E-state index in [1.54, 1.807) is 0 Å². The first-order valence-electron chi connectivity index (χ1n) is 4.63. The molecule has 2 fully saturated rings. The van der Waals surface area contributed by atoms with Gasteiger partial charge in [-0.25, -0.2) is 0 Å². The van der Waals surface area contributed by atoms with Crippen LogP contribution in [-0.2, 0) is 0 Å². The third-order valence-corrected chi connectivity index (χ3v) is 3.39. The molecular weight excluding hydrogens is 119 g/mol. The lowest BCUT2D eigenvalue weighted by molar-refractivity contribution is 0.192. The third kappa shape index (κ3) is 1.000. The van der Waals surface area contributed by atoms with Gasteiger partial charge in [-0.05, 0) is 11.8 Å². The fourth-order valence-electron chi connectivity index (χ4n) is 2.73. The van der Waals surface area contributed by atoms with E-state index in [2.05, 4.69) is 0 Å². The lowest BCUT2D eigenvalue weighted by Crippen LogP contribution is -2.27. The molecule has 0 atom stereocenters. The monoisotopic (exact) mass is 134 g/mol. The van der Waals surface area contributed by atoms with E-state index in [0.29, 0.717) is 5.82 Å².